The summed E-state index contributed by atoms with van der Waals surface area (Å²) in [6.07, 6.45) is 1.93. The zero-order valence-electron chi connectivity index (χ0n) is 30.4. The Morgan fingerprint density at radius 1 is 0.491 bits per heavy atom. The highest BCUT2D eigenvalue weighted by Gasteiger charge is 2.17. The molecule has 55 heavy (non-hydrogen) atoms. The van der Waals surface area contributed by atoms with Crippen molar-refractivity contribution in [2.45, 2.75) is 6.92 Å². The molecule has 0 aliphatic heterocycles. The highest BCUT2D eigenvalue weighted by Crippen LogP contribution is 2.36. The van der Waals surface area contributed by atoms with Crippen molar-refractivity contribution < 1.29 is 0 Å². The molecule has 3 heteroatoms. The third kappa shape index (κ3) is 5.52. The van der Waals surface area contributed by atoms with Gasteiger partial charge in [-0.05, 0) is 101 Å². The zero-order chi connectivity index (χ0) is 36.9. The molecule has 0 aliphatic rings. The quantitative estimate of drug-likeness (QED) is 0.162. The second-order valence-electron chi connectivity index (χ2n) is 14.0. The van der Waals surface area contributed by atoms with Gasteiger partial charge in [-0.2, -0.15) is 0 Å². The number of aromatic nitrogens is 3. The molecule has 3 heterocycles. The number of hydrogen-bond donors (Lipinski definition) is 0. The summed E-state index contributed by atoms with van der Waals surface area (Å²) in [5.74, 6) is 0. The van der Waals surface area contributed by atoms with E-state index in [0.717, 1.165) is 67.2 Å². The summed E-state index contributed by atoms with van der Waals surface area (Å²) in [6.45, 7) is 6.29. The van der Waals surface area contributed by atoms with E-state index in [4.69, 9.17) is 4.98 Å². The van der Waals surface area contributed by atoms with Crippen LogP contribution in [0, 0.1) is 19.1 Å². The largest absolute Gasteiger partial charge is 0.309 e. The third-order valence-electron chi connectivity index (χ3n) is 10.7. The predicted octanol–water partition coefficient (Wildman–Crippen LogP) is 13.3. The maximum absolute atomic E-state index is 5.41. The fourth-order valence-corrected chi connectivity index (χ4v) is 8.09. The Kier molecular flexibility index (Phi) is 7.75. The Morgan fingerprint density at radius 2 is 1.02 bits per heavy atom. The summed E-state index contributed by atoms with van der Waals surface area (Å²) in [5.41, 5.74) is 16.3. The van der Waals surface area contributed by atoms with Crippen LogP contribution in [0.3, 0.4) is 0 Å². The molecule has 3 nitrogen and oxygen atoms in total. The lowest BCUT2D eigenvalue weighted by Crippen LogP contribution is -1.98. The van der Waals surface area contributed by atoms with Crippen LogP contribution in [-0.2, 0) is 0 Å². The Hall–Kier alpha value is -7.41. The van der Waals surface area contributed by atoms with E-state index < -0.39 is 0 Å². The van der Waals surface area contributed by atoms with E-state index in [0.29, 0.717) is 0 Å². The number of nitrogens with zero attached hydrogens (tertiary/aromatic N) is 3. The van der Waals surface area contributed by atoms with Crippen molar-refractivity contribution in [1.29, 1.82) is 0 Å². The Morgan fingerprint density at radius 3 is 1.64 bits per heavy atom. The first-order chi connectivity index (χ1) is 27.1. The van der Waals surface area contributed by atoms with Crippen LogP contribution in [-0.4, -0.2) is 14.1 Å². The van der Waals surface area contributed by atoms with E-state index in [9.17, 15) is 0 Å². The predicted molar refractivity (Wildman–Crippen MR) is 230 cm³/mol. The molecule has 0 radical (unpaired) electrons. The van der Waals surface area contributed by atoms with Crippen LogP contribution < -0.4 is 0 Å². The van der Waals surface area contributed by atoms with Gasteiger partial charge in [-0.15, -0.1) is 0 Å². The third-order valence-corrected chi connectivity index (χ3v) is 10.7. The van der Waals surface area contributed by atoms with Gasteiger partial charge in [-0.1, -0.05) is 134 Å². The van der Waals surface area contributed by atoms with Crippen LogP contribution in [0.25, 0.3) is 94.9 Å². The van der Waals surface area contributed by atoms with E-state index in [1.807, 2.05) is 12.1 Å². The van der Waals surface area contributed by atoms with Gasteiger partial charge < -0.3 is 9.13 Å². The molecule has 0 saturated heterocycles. The van der Waals surface area contributed by atoms with Crippen molar-refractivity contribution in [1.82, 2.24) is 14.1 Å². The Labute approximate surface area is 320 Å². The molecule has 0 aliphatic carbocycles. The molecule has 0 spiro atoms. The maximum atomic E-state index is 5.41. The Bertz CT molecular complexity index is 3000. The van der Waals surface area contributed by atoms with E-state index in [2.05, 4.69) is 205 Å². The molecule has 7 aromatic carbocycles. The Balaban J connectivity index is 1.14. The van der Waals surface area contributed by atoms with Gasteiger partial charge in [0.05, 0.1) is 33.3 Å². The minimum absolute atomic E-state index is 0.900. The maximum Gasteiger partial charge on any atom is 0.0716 e. The van der Waals surface area contributed by atoms with E-state index >= 15 is 0 Å². The summed E-state index contributed by atoms with van der Waals surface area (Å²) in [6, 6.07) is 69.0. The van der Waals surface area contributed by atoms with Crippen molar-refractivity contribution >= 4 is 38.8 Å². The zero-order valence-corrected chi connectivity index (χ0v) is 30.4. The topological polar surface area (TPSA) is 22.8 Å². The second-order valence-corrected chi connectivity index (χ2v) is 14.0. The smallest absolute Gasteiger partial charge is 0.0716 e. The molecule has 0 N–H and O–H groups in total. The lowest BCUT2D eigenvalue weighted by Gasteiger charge is -2.14. The molecule has 0 fully saturated rings. The van der Waals surface area contributed by atoms with E-state index in [1.54, 1.807) is 0 Å². The van der Waals surface area contributed by atoms with Gasteiger partial charge in [0.15, 0.2) is 0 Å². The molecule has 0 atom stereocenters. The number of pyridine rings is 1. The number of benzene rings is 6. The van der Waals surface area contributed by atoms with Crippen molar-refractivity contribution in [3.05, 3.63) is 206 Å². The minimum atomic E-state index is 0.900. The van der Waals surface area contributed by atoms with Crippen LogP contribution in [0.4, 0.5) is 0 Å². The van der Waals surface area contributed by atoms with Gasteiger partial charge in [0.25, 0.3) is 0 Å². The first-order valence-electron chi connectivity index (χ1n) is 18.6. The molecule has 258 valence electrons. The van der Waals surface area contributed by atoms with Crippen LogP contribution in [0.15, 0.2) is 183 Å². The van der Waals surface area contributed by atoms with Crippen LogP contribution in [0.2, 0.25) is 0 Å². The molecule has 0 unspecified atom stereocenters. The minimum Gasteiger partial charge on any atom is -0.309 e. The van der Waals surface area contributed by atoms with Gasteiger partial charge in [0, 0.05) is 39.0 Å². The highest BCUT2D eigenvalue weighted by molar-refractivity contribution is 6.09. The lowest BCUT2D eigenvalue weighted by atomic mass is 9.97. The standard InChI is InChI=1S/C52H35N3/c1-3-49-35(2)44-21-7-10-24-50(44)54(49)42-19-13-17-39(31-42)47-33-41(38-29-27-37(28-30-38)36-15-5-4-6-16-36)34-48(53-47)40-18-14-20-43(32-40)55-51-25-11-8-22-45(51)46-23-9-12-26-52(46)55/h3-6,8-20,22-34H,1H2,2H3. The van der Waals surface area contributed by atoms with Gasteiger partial charge in [-0.25, -0.2) is 4.98 Å². The van der Waals surface area contributed by atoms with Crippen molar-refractivity contribution in [3.8, 4) is 56.1 Å². The highest BCUT2D eigenvalue weighted by atomic mass is 15.0. The first-order valence-corrected chi connectivity index (χ1v) is 18.6. The summed E-state index contributed by atoms with van der Waals surface area (Å²) in [5, 5.41) is 3.53. The summed E-state index contributed by atoms with van der Waals surface area (Å²) in [7, 11) is 0. The number of fused-ring (bicyclic) bond motifs is 4. The number of aryl methyl sites for hydroxylation is 1. The first kappa shape index (κ1) is 32.3. The van der Waals surface area contributed by atoms with E-state index in [1.165, 1.54) is 32.9 Å². The SMILES string of the molecule is C=Cc1c(C)c2c#cccc2n1-c1cccc(-c2cc(-c3ccc(-c4ccccc4)cc3)cc(-c3cccc(-n4c5ccccc5c5ccccc54)c3)n2)c1. The molecule has 0 bridgehead atoms. The molecule has 10 rings (SSSR count). The molecule has 3 aromatic heterocycles. The summed E-state index contributed by atoms with van der Waals surface area (Å²) in [4.78, 5) is 5.41. The fourth-order valence-electron chi connectivity index (χ4n) is 8.09. The number of hydrogen-bond acceptors (Lipinski definition) is 1. The molecular weight excluding hydrogens is 667 g/mol. The van der Waals surface area contributed by atoms with Gasteiger partial charge in [0.1, 0.15) is 0 Å². The van der Waals surface area contributed by atoms with E-state index in [-0.39, 0.29) is 0 Å². The second kappa shape index (κ2) is 13.2. The van der Waals surface area contributed by atoms with Crippen molar-refractivity contribution in [3.63, 3.8) is 0 Å². The monoisotopic (exact) mass is 701 g/mol. The van der Waals surface area contributed by atoms with Gasteiger partial charge >= 0.3 is 0 Å². The van der Waals surface area contributed by atoms with Crippen LogP contribution >= 0.6 is 0 Å². The number of rotatable bonds is 7. The van der Waals surface area contributed by atoms with Gasteiger partial charge in [0.2, 0.25) is 0 Å². The summed E-state index contributed by atoms with van der Waals surface area (Å²) < 4.78 is 4.62. The normalized spacial score (nSPS) is 11.3. The number of para-hydroxylation sites is 2. The fraction of sp³-hybridized carbons (Fsp3) is 0.0192. The molecule has 10 aromatic rings. The molecular formula is C52H35N3. The van der Waals surface area contributed by atoms with Crippen LogP contribution in [0.5, 0.6) is 0 Å². The lowest BCUT2D eigenvalue weighted by molar-refractivity contribution is 1.10. The van der Waals surface area contributed by atoms with Crippen molar-refractivity contribution in [2.24, 2.45) is 0 Å². The molecule has 0 saturated carbocycles. The average molecular weight is 702 g/mol. The summed E-state index contributed by atoms with van der Waals surface area (Å²) >= 11 is 0. The van der Waals surface area contributed by atoms with Crippen molar-refractivity contribution in [2.75, 3.05) is 0 Å². The molecule has 0 amide bonds. The average Bonchev–Trinajstić information content (AvgIpc) is 3.75. The van der Waals surface area contributed by atoms with Gasteiger partial charge in [-0.3, -0.25) is 0 Å². The van der Waals surface area contributed by atoms with Crippen LogP contribution in [0.1, 0.15) is 11.3 Å².